The summed E-state index contributed by atoms with van der Waals surface area (Å²) >= 11 is 0. The van der Waals surface area contributed by atoms with Crippen LogP contribution in [0, 0.1) is 0 Å². The molecule has 0 fully saturated rings. The van der Waals surface area contributed by atoms with Gasteiger partial charge in [-0.1, -0.05) is 286 Å². The van der Waals surface area contributed by atoms with Crippen LogP contribution in [0.3, 0.4) is 0 Å². The third kappa shape index (κ3) is 80.0. The minimum absolute atomic E-state index is 0.0376. The van der Waals surface area contributed by atoms with E-state index in [1.54, 1.807) is 0 Å². The Bertz CT molecular complexity index is 2850. The summed E-state index contributed by atoms with van der Waals surface area (Å²) < 4.78 is 68.6. The summed E-state index contributed by atoms with van der Waals surface area (Å²) in [5.41, 5.74) is 0. The average molecular weight is 1570 g/mol. The van der Waals surface area contributed by atoms with Crippen molar-refractivity contribution in [1.82, 2.24) is 0 Å². The van der Waals surface area contributed by atoms with Crippen molar-refractivity contribution in [3.8, 4) is 0 Å². The van der Waals surface area contributed by atoms with Crippen molar-refractivity contribution in [2.24, 2.45) is 0 Å². The molecule has 5 atom stereocenters. The van der Waals surface area contributed by atoms with Crippen LogP contribution in [0.2, 0.25) is 0 Å². The van der Waals surface area contributed by atoms with Gasteiger partial charge in [0.15, 0.2) is 12.2 Å². The molecule has 3 N–H and O–H groups in total. The Balaban J connectivity index is 5.54. The summed E-state index contributed by atoms with van der Waals surface area (Å²) in [6, 6.07) is 0. The maximum Gasteiger partial charge on any atom is 0.472 e. The first-order chi connectivity index (χ1) is 53.7. The predicted molar refractivity (Wildman–Crippen MR) is 454 cm³/mol. The van der Waals surface area contributed by atoms with Gasteiger partial charge >= 0.3 is 39.5 Å². The summed E-state index contributed by atoms with van der Waals surface area (Å²) in [6.07, 6.45) is 99.9. The number of aliphatic hydroxyl groups excluding tert-OH is 1. The number of ether oxygens (including phenoxy) is 4. The predicted octanol–water partition coefficient (Wildman–Crippen LogP) is 24.9. The Morgan fingerprint density at radius 2 is 0.491 bits per heavy atom. The Hall–Kier alpha value is -6.10. The normalized spacial score (nSPS) is 14.8. The van der Waals surface area contributed by atoms with Crippen LogP contribution in [0.25, 0.3) is 0 Å². The number of esters is 4. The van der Waals surface area contributed by atoms with Crippen molar-refractivity contribution in [3.63, 3.8) is 0 Å². The van der Waals surface area contributed by atoms with Crippen LogP contribution >= 0.6 is 15.6 Å². The topological polar surface area (TPSA) is 237 Å². The number of phosphoric acid groups is 2. The van der Waals surface area contributed by atoms with E-state index in [0.717, 1.165) is 167 Å². The van der Waals surface area contributed by atoms with Gasteiger partial charge in [-0.15, -0.1) is 0 Å². The Morgan fingerprint density at radius 1 is 0.264 bits per heavy atom. The standard InChI is InChI=1S/C91H146O17P2/c1-5-9-13-17-21-25-29-33-36-39-42-45-48-52-56-60-64-68-72-76-89(94)102-82-87(108-91(96)78-74-70-66-62-58-54-50-47-44-41-38-35-31-27-23-19-15-11-7-3)84-106-110(99,100)104-80-85(92)79-103-109(97,98)105-83-86(81-101-88(93)75-71-67-63-59-55-51-32-28-24-20-16-12-8-4)107-90(95)77-73-69-65-61-57-53-49-46-43-40-37-34-30-26-22-18-14-10-6-2/h9,11,13,15,21-23,25-28,32-38,42-47,52-54,56-58,65,69,85-87,92H,5-8,10,12,14,16-20,24,29-31,39-41,48-51,55,59-64,66-68,70-84H2,1-4H3,(H,97,98)(H,99,100)/b13-9-,15-11-,25-21-,26-22-,27-23-,32-28-,36-33-,37-34-,38-35-,45-42-,46-43-,47-44-,56-52-,57-53-,58-54-,69-65-/t85-,86+,87+/m0/s1. The van der Waals surface area contributed by atoms with E-state index in [1.165, 1.54) is 44.9 Å². The quantitative estimate of drug-likeness (QED) is 0.0169. The summed E-state index contributed by atoms with van der Waals surface area (Å²) in [5.74, 6) is -2.37. The van der Waals surface area contributed by atoms with Crippen molar-refractivity contribution < 1.29 is 80.2 Å². The van der Waals surface area contributed by atoms with Crippen molar-refractivity contribution in [2.75, 3.05) is 39.6 Å². The zero-order valence-electron chi connectivity index (χ0n) is 68.1. The minimum Gasteiger partial charge on any atom is -0.462 e. The Morgan fingerprint density at radius 3 is 0.818 bits per heavy atom. The van der Waals surface area contributed by atoms with Gasteiger partial charge in [0.25, 0.3) is 0 Å². The molecule has 0 amide bonds. The van der Waals surface area contributed by atoms with E-state index in [0.29, 0.717) is 32.1 Å². The number of carbonyl (C=O) groups excluding carboxylic acids is 4. The van der Waals surface area contributed by atoms with Gasteiger partial charge < -0.3 is 33.8 Å². The Kier molecular flexibility index (Phi) is 76.4. The molecule has 0 aliphatic carbocycles. The van der Waals surface area contributed by atoms with E-state index in [9.17, 15) is 43.2 Å². The highest BCUT2D eigenvalue weighted by molar-refractivity contribution is 7.47. The lowest BCUT2D eigenvalue weighted by Gasteiger charge is -2.21. The molecule has 0 spiro atoms. The zero-order valence-corrected chi connectivity index (χ0v) is 69.9. The highest BCUT2D eigenvalue weighted by atomic mass is 31.2. The fourth-order valence-corrected chi connectivity index (χ4v) is 11.8. The first kappa shape index (κ1) is 104. The van der Waals surface area contributed by atoms with Gasteiger partial charge in [0, 0.05) is 25.7 Å². The molecular formula is C91H146O17P2. The lowest BCUT2D eigenvalue weighted by atomic mass is 10.1. The van der Waals surface area contributed by atoms with Gasteiger partial charge in [-0.25, -0.2) is 9.13 Å². The largest absolute Gasteiger partial charge is 0.472 e. The maximum absolute atomic E-state index is 13.1. The molecule has 17 nitrogen and oxygen atoms in total. The van der Waals surface area contributed by atoms with Crippen molar-refractivity contribution in [2.45, 2.75) is 316 Å². The third-order valence-electron chi connectivity index (χ3n) is 16.5. The molecule has 0 rings (SSSR count). The van der Waals surface area contributed by atoms with E-state index in [2.05, 4.69) is 204 Å². The number of hydrogen-bond donors (Lipinski definition) is 3. The highest BCUT2D eigenvalue weighted by Gasteiger charge is 2.30. The summed E-state index contributed by atoms with van der Waals surface area (Å²) in [4.78, 5) is 73.1. The third-order valence-corrected chi connectivity index (χ3v) is 18.4. The molecule has 0 heterocycles. The first-order valence-corrected chi connectivity index (χ1v) is 44.7. The smallest absolute Gasteiger partial charge is 0.462 e. The number of carbonyl (C=O) groups is 4. The van der Waals surface area contributed by atoms with Gasteiger partial charge in [0.2, 0.25) is 0 Å². The van der Waals surface area contributed by atoms with E-state index >= 15 is 0 Å². The first-order valence-electron chi connectivity index (χ1n) is 41.7. The number of unbranched alkanes of at least 4 members (excludes halogenated alkanes) is 18. The second-order valence-electron chi connectivity index (χ2n) is 26.9. The van der Waals surface area contributed by atoms with Crippen LogP contribution < -0.4 is 0 Å². The molecule has 0 saturated heterocycles. The molecule has 19 heteroatoms. The lowest BCUT2D eigenvalue weighted by molar-refractivity contribution is -0.161. The number of phosphoric ester groups is 2. The van der Waals surface area contributed by atoms with Crippen LogP contribution in [0.5, 0.6) is 0 Å². The molecule has 0 aromatic carbocycles. The fourth-order valence-electron chi connectivity index (χ4n) is 10.2. The van der Waals surface area contributed by atoms with Crippen molar-refractivity contribution >= 4 is 39.5 Å². The van der Waals surface area contributed by atoms with Crippen LogP contribution in [-0.2, 0) is 65.4 Å². The molecule has 622 valence electrons. The summed E-state index contributed by atoms with van der Waals surface area (Å²) in [5, 5.41) is 10.7. The lowest BCUT2D eigenvalue weighted by Crippen LogP contribution is -2.30. The van der Waals surface area contributed by atoms with E-state index in [1.807, 2.05) is 18.2 Å². The van der Waals surface area contributed by atoms with E-state index in [4.69, 9.17) is 37.0 Å². The number of hydrogen-bond acceptors (Lipinski definition) is 15. The number of allylic oxidation sites excluding steroid dienone is 32. The second kappa shape index (κ2) is 80.9. The van der Waals surface area contributed by atoms with Gasteiger partial charge in [0.05, 0.1) is 26.4 Å². The number of rotatable bonds is 76. The maximum atomic E-state index is 13.1. The van der Waals surface area contributed by atoms with Gasteiger partial charge in [-0.05, 0) is 180 Å². The van der Waals surface area contributed by atoms with Crippen molar-refractivity contribution in [1.29, 1.82) is 0 Å². The minimum atomic E-state index is -5.02. The highest BCUT2D eigenvalue weighted by Crippen LogP contribution is 2.45. The van der Waals surface area contributed by atoms with E-state index < -0.39 is 97.5 Å². The van der Waals surface area contributed by atoms with Crippen LogP contribution in [-0.4, -0.2) is 96.7 Å². The summed E-state index contributed by atoms with van der Waals surface area (Å²) in [6.45, 7) is 4.42. The fraction of sp³-hybridized carbons (Fsp3) is 0.604. The summed E-state index contributed by atoms with van der Waals surface area (Å²) in [7, 11) is -10.0. The number of aliphatic hydroxyl groups is 1. The molecular weight excluding hydrogens is 1430 g/mol. The van der Waals surface area contributed by atoms with Gasteiger partial charge in [-0.3, -0.25) is 37.3 Å². The average Bonchev–Trinajstić information content (AvgIpc) is 0.906. The Labute approximate surface area is 666 Å². The molecule has 0 aliphatic heterocycles. The SMILES string of the molecule is CC/C=C\C/C=C\C/C=C\C/C=C\C/C=C\CCCCCC(=O)OC[C@H](COP(=O)(O)OC[C@@H](O)COP(=O)(O)OC[C@@H](COC(=O)CCCCCCC/C=C\CCCCCC)OC(=O)CC/C=C\C/C=C\C/C=C\C/C=C\C/C=C\CCCCC)OC(=O)CCCCC/C=C\C/C=C\C/C=C\C/C=C\C/C=C\CC. The van der Waals surface area contributed by atoms with Crippen LogP contribution in [0.4, 0.5) is 0 Å². The molecule has 2 unspecified atom stereocenters. The zero-order chi connectivity index (χ0) is 80.3. The van der Waals surface area contributed by atoms with Crippen LogP contribution in [0.1, 0.15) is 297 Å². The molecule has 0 radical (unpaired) electrons. The molecule has 0 bridgehead atoms. The molecule has 0 aliphatic rings. The second-order valence-corrected chi connectivity index (χ2v) is 29.8. The molecule has 0 aromatic heterocycles. The molecule has 0 aromatic rings. The molecule has 110 heavy (non-hydrogen) atoms. The van der Waals surface area contributed by atoms with E-state index in [-0.39, 0.29) is 25.7 Å². The monoisotopic (exact) mass is 1570 g/mol. The molecule has 0 saturated carbocycles. The van der Waals surface area contributed by atoms with Gasteiger partial charge in [-0.2, -0.15) is 0 Å². The van der Waals surface area contributed by atoms with Crippen molar-refractivity contribution in [3.05, 3.63) is 194 Å². The van der Waals surface area contributed by atoms with Gasteiger partial charge in [0.1, 0.15) is 19.3 Å². The van der Waals surface area contributed by atoms with Crippen LogP contribution in [0.15, 0.2) is 194 Å².